The summed E-state index contributed by atoms with van der Waals surface area (Å²) in [5.74, 6) is 1.02. The summed E-state index contributed by atoms with van der Waals surface area (Å²) in [5, 5.41) is 3.14. The Morgan fingerprint density at radius 3 is 2.33 bits per heavy atom. The van der Waals surface area contributed by atoms with Crippen LogP contribution in [-0.2, 0) is 0 Å². The van der Waals surface area contributed by atoms with E-state index in [4.69, 9.17) is 0 Å². The van der Waals surface area contributed by atoms with E-state index in [2.05, 4.69) is 5.32 Å². The second kappa shape index (κ2) is 3.73. The SMILES string of the molecule is F[C@@H]1CNC[C@@H]1C1CCCCC1. The summed E-state index contributed by atoms with van der Waals surface area (Å²) in [6.07, 6.45) is 6.00. The molecule has 0 radical (unpaired) electrons. The normalized spacial score (nSPS) is 38.8. The molecule has 1 N–H and O–H groups in total. The van der Waals surface area contributed by atoms with Crippen LogP contribution in [0.4, 0.5) is 4.39 Å². The van der Waals surface area contributed by atoms with Gasteiger partial charge in [0.05, 0.1) is 0 Å². The number of hydrogen-bond acceptors (Lipinski definition) is 1. The summed E-state index contributed by atoms with van der Waals surface area (Å²) in [6, 6.07) is 0. The van der Waals surface area contributed by atoms with Gasteiger partial charge in [-0.25, -0.2) is 4.39 Å². The molecular formula is C10H18FN. The van der Waals surface area contributed by atoms with Crippen LogP contribution in [-0.4, -0.2) is 19.3 Å². The van der Waals surface area contributed by atoms with Crippen LogP contribution in [0, 0.1) is 11.8 Å². The molecule has 0 bridgehead atoms. The molecule has 0 amide bonds. The van der Waals surface area contributed by atoms with Crippen molar-refractivity contribution in [3.63, 3.8) is 0 Å². The van der Waals surface area contributed by atoms with Crippen LogP contribution < -0.4 is 5.32 Å². The Balaban J connectivity index is 1.89. The Labute approximate surface area is 73.7 Å². The van der Waals surface area contributed by atoms with E-state index in [0.29, 0.717) is 18.4 Å². The van der Waals surface area contributed by atoms with Crippen LogP contribution in [0.15, 0.2) is 0 Å². The number of hydrogen-bond donors (Lipinski definition) is 1. The lowest BCUT2D eigenvalue weighted by Crippen LogP contribution is -2.25. The van der Waals surface area contributed by atoms with Crippen molar-refractivity contribution >= 4 is 0 Å². The van der Waals surface area contributed by atoms with Crippen molar-refractivity contribution in [3.8, 4) is 0 Å². The number of alkyl halides is 1. The fourth-order valence-electron chi connectivity index (χ4n) is 2.69. The van der Waals surface area contributed by atoms with Crippen LogP contribution in [0.5, 0.6) is 0 Å². The Bertz CT molecular complexity index is 143. The van der Waals surface area contributed by atoms with E-state index in [1.54, 1.807) is 0 Å². The van der Waals surface area contributed by atoms with Gasteiger partial charge < -0.3 is 5.32 Å². The van der Waals surface area contributed by atoms with Gasteiger partial charge in [-0.1, -0.05) is 32.1 Å². The summed E-state index contributed by atoms with van der Waals surface area (Å²) < 4.78 is 13.3. The van der Waals surface area contributed by atoms with Gasteiger partial charge in [0.15, 0.2) is 0 Å². The van der Waals surface area contributed by atoms with Gasteiger partial charge in [-0.05, 0) is 5.92 Å². The Morgan fingerprint density at radius 1 is 1.00 bits per heavy atom. The quantitative estimate of drug-likeness (QED) is 0.637. The molecule has 0 unspecified atom stereocenters. The molecule has 0 aromatic rings. The van der Waals surface area contributed by atoms with Crippen molar-refractivity contribution in [1.29, 1.82) is 0 Å². The summed E-state index contributed by atoms with van der Waals surface area (Å²) >= 11 is 0. The number of rotatable bonds is 1. The Hall–Kier alpha value is -0.110. The van der Waals surface area contributed by atoms with Crippen molar-refractivity contribution in [2.45, 2.75) is 38.3 Å². The summed E-state index contributed by atoms with van der Waals surface area (Å²) in [5.41, 5.74) is 0. The minimum Gasteiger partial charge on any atom is -0.313 e. The zero-order valence-corrected chi connectivity index (χ0v) is 7.56. The molecule has 2 rings (SSSR count). The third kappa shape index (κ3) is 1.63. The highest BCUT2D eigenvalue weighted by atomic mass is 19.1. The van der Waals surface area contributed by atoms with Crippen molar-refractivity contribution in [2.24, 2.45) is 11.8 Å². The molecule has 1 aliphatic heterocycles. The Kier molecular flexibility index (Phi) is 2.64. The van der Waals surface area contributed by atoms with Gasteiger partial charge in [0, 0.05) is 19.0 Å². The highest BCUT2D eigenvalue weighted by Crippen LogP contribution is 2.33. The zero-order valence-electron chi connectivity index (χ0n) is 7.56. The molecule has 2 aliphatic rings. The molecule has 2 atom stereocenters. The van der Waals surface area contributed by atoms with Crippen molar-refractivity contribution < 1.29 is 4.39 Å². The van der Waals surface area contributed by atoms with Crippen molar-refractivity contribution in [1.82, 2.24) is 5.32 Å². The molecule has 2 fully saturated rings. The summed E-state index contributed by atoms with van der Waals surface area (Å²) in [6.45, 7) is 1.52. The third-order valence-electron chi connectivity index (χ3n) is 3.44. The van der Waals surface area contributed by atoms with Crippen molar-refractivity contribution in [3.05, 3.63) is 0 Å². The van der Waals surface area contributed by atoms with Crippen LogP contribution >= 0.6 is 0 Å². The van der Waals surface area contributed by atoms with E-state index in [1.165, 1.54) is 32.1 Å². The van der Waals surface area contributed by atoms with Crippen LogP contribution in [0.2, 0.25) is 0 Å². The fraction of sp³-hybridized carbons (Fsp3) is 1.00. The standard InChI is InChI=1S/C10H18FN/c11-10-7-12-6-9(10)8-4-2-1-3-5-8/h8-10,12H,1-7H2/t9-,10-/m1/s1. The lowest BCUT2D eigenvalue weighted by atomic mass is 9.79. The van der Waals surface area contributed by atoms with Gasteiger partial charge in [0.25, 0.3) is 0 Å². The van der Waals surface area contributed by atoms with E-state index in [-0.39, 0.29) is 0 Å². The predicted molar refractivity (Wildman–Crippen MR) is 47.8 cm³/mol. The molecule has 2 heteroatoms. The predicted octanol–water partition coefficient (Wildman–Crippen LogP) is 2.12. The molecule has 0 spiro atoms. The van der Waals surface area contributed by atoms with E-state index >= 15 is 0 Å². The van der Waals surface area contributed by atoms with Gasteiger partial charge in [-0.15, -0.1) is 0 Å². The van der Waals surface area contributed by atoms with Crippen LogP contribution in [0.3, 0.4) is 0 Å². The second-order valence-corrected chi connectivity index (χ2v) is 4.24. The van der Waals surface area contributed by atoms with Crippen molar-refractivity contribution in [2.75, 3.05) is 13.1 Å². The van der Waals surface area contributed by atoms with Gasteiger partial charge >= 0.3 is 0 Å². The maximum atomic E-state index is 13.3. The maximum absolute atomic E-state index is 13.3. The van der Waals surface area contributed by atoms with Gasteiger partial charge in [0.1, 0.15) is 6.17 Å². The van der Waals surface area contributed by atoms with E-state index in [9.17, 15) is 4.39 Å². The first-order chi connectivity index (χ1) is 5.88. The molecule has 1 saturated heterocycles. The smallest absolute Gasteiger partial charge is 0.117 e. The van der Waals surface area contributed by atoms with Gasteiger partial charge in [-0.2, -0.15) is 0 Å². The molecule has 1 saturated carbocycles. The molecule has 1 nitrogen and oxygen atoms in total. The van der Waals surface area contributed by atoms with Crippen LogP contribution in [0.25, 0.3) is 0 Å². The van der Waals surface area contributed by atoms with E-state index in [1.807, 2.05) is 0 Å². The monoisotopic (exact) mass is 171 g/mol. The lowest BCUT2D eigenvalue weighted by molar-refractivity contribution is 0.176. The minimum atomic E-state index is -0.562. The molecule has 0 aromatic carbocycles. The highest BCUT2D eigenvalue weighted by Gasteiger charge is 2.33. The number of halogens is 1. The molecule has 1 heterocycles. The fourth-order valence-corrected chi connectivity index (χ4v) is 2.69. The topological polar surface area (TPSA) is 12.0 Å². The third-order valence-corrected chi connectivity index (χ3v) is 3.44. The molecular weight excluding hydrogens is 153 g/mol. The second-order valence-electron chi connectivity index (χ2n) is 4.24. The summed E-state index contributed by atoms with van der Waals surface area (Å²) in [7, 11) is 0. The zero-order chi connectivity index (χ0) is 8.39. The van der Waals surface area contributed by atoms with Gasteiger partial charge in [0.2, 0.25) is 0 Å². The lowest BCUT2D eigenvalue weighted by Gasteiger charge is -2.27. The number of nitrogens with one attached hydrogen (secondary N) is 1. The molecule has 0 aromatic heterocycles. The van der Waals surface area contributed by atoms with Gasteiger partial charge in [-0.3, -0.25) is 0 Å². The van der Waals surface area contributed by atoms with E-state index in [0.717, 1.165) is 6.54 Å². The Morgan fingerprint density at radius 2 is 1.75 bits per heavy atom. The first kappa shape index (κ1) is 8.49. The largest absolute Gasteiger partial charge is 0.313 e. The maximum Gasteiger partial charge on any atom is 0.117 e. The highest BCUT2D eigenvalue weighted by molar-refractivity contribution is 4.87. The molecule has 1 aliphatic carbocycles. The summed E-state index contributed by atoms with van der Waals surface area (Å²) in [4.78, 5) is 0. The van der Waals surface area contributed by atoms with E-state index < -0.39 is 6.17 Å². The average molecular weight is 171 g/mol. The first-order valence-corrected chi connectivity index (χ1v) is 5.22. The van der Waals surface area contributed by atoms with Crippen LogP contribution in [0.1, 0.15) is 32.1 Å². The minimum absolute atomic E-state index is 0.338. The molecule has 70 valence electrons. The molecule has 12 heavy (non-hydrogen) atoms. The average Bonchev–Trinajstić information content (AvgIpc) is 2.53. The first-order valence-electron chi connectivity index (χ1n) is 5.22.